The molecule has 1 aliphatic rings. The Hall–Kier alpha value is -2.90. The molecular formula is C22H25N5O2. The van der Waals surface area contributed by atoms with E-state index < -0.39 is 0 Å². The maximum absolute atomic E-state index is 12.2. The van der Waals surface area contributed by atoms with Gasteiger partial charge in [-0.25, -0.2) is 4.98 Å². The van der Waals surface area contributed by atoms with Crippen molar-refractivity contribution in [1.82, 2.24) is 24.8 Å². The average molecular weight is 391 g/mol. The number of nitrogens with one attached hydrogen (secondary N) is 1. The van der Waals surface area contributed by atoms with Crippen molar-refractivity contribution in [1.29, 1.82) is 0 Å². The maximum Gasteiger partial charge on any atom is 0.251 e. The highest BCUT2D eigenvalue weighted by molar-refractivity contribution is 5.55. The van der Waals surface area contributed by atoms with E-state index in [-0.39, 0.29) is 5.56 Å². The third-order valence-corrected chi connectivity index (χ3v) is 5.13. The number of H-pyrrole nitrogens is 1. The summed E-state index contributed by atoms with van der Waals surface area (Å²) in [5.41, 5.74) is 3.79. The zero-order valence-corrected chi connectivity index (χ0v) is 16.5. The smallest absolute Gasteiger partial charge is 0.251 e. The van der Waals surface area contributed by atoms with Gasteiger partial charge >= 0.3 is 0 Å². The lowest BCUT2D eigenvalue weighted by atomic mass is 9.96. The molecule has 1 saturated heterocycles. The molecule has 7 nitrogen and oxygen atoms in total. The first kappa shape index (κ1) is 19.4. The minimum Gasteiger partial charge on any atom is -0.381 e. The number of nitrogens with zero attached hydrogens (tertiary/aromatic N) is 4. The number of aromatic amines is 1. The van der Waals surface area contributed by atoms with E-state index in [0.29, 0.717) is 11.7 Å². The van der Waals surface area contributed by atoms with E-state index in [0.717, 1.165) is 56.1 Å². The van der Waals surface area contributed by atoms with E-state index in [4.69, 9.17) is 9.72 Å². The van der Waals surface area contributed by atoms with Crippen LogP contribution in [0.15, 0.2) is 53.7 Å². The van der Waals surface area contributed by atoms with Gasteiger partial charge in [-0.3, -0.25) is 19.7 Å². The fraction of sp³-hybridized carbons (Fsp3) is 0.364. The second-order valence-electron chi connectivity index (χ2n) is 7.47. The molecule has 150 valence electrons. The Kier molecular flexibility index (Phi) is 6.07. The summed E-state index contributed by atoms with van der Waals surface area (Å²) >= 11 is 0. The second kappa shape index (κ2) is 9.07. The highest BCUT2D eigenvalue weighted by Gasteiger charge is 2.18. The summed E-state index contributed by atoms with van der Waals surface area (Å²) in [7, 11) is 2.05. The quantitative estimate of drug-likeness (QED) is 0.696. The van der Waals surface area contributed by atoms with E-state index in [1.54, 1.807) is 24.7 Å². The highest BCUT2D eigenvalue weighted by Crippen LogP contribution is 2.26. The van der Waals surface area contributed by atoms with Gasteiger partial charge in [-0.15, -0.1) is 0 Å². The fourth-order valence-corrected chi connectivity index (χ4v) is 3.64. The molecule has 0 radical (unpaired) electrons. The van der Waals surface area contributed by atoms with Gasteiger partial charge in [-0.2, -0.15) is 0 Å². The molecule has 1 fully saturated rings. The third kappa shape index (κ3) is 5.13. The lowest BCUT2D eigenvalue weighted by Gasteiger charge is -2.21. The summed E-state index contributed by atoms with van der Waals surface area (Å²) in [5, 5.41) is 0. The molecule has 0 aliphatic carbocycles. The highest BCUT2D eigenvalue weighted by atomic mass is 16.5. The maximum atomic E-state index is 12.2. The molecule has 0 saturated carbocycles. The van der Waals surface area contributed by atoms with Crippen molar-refractivity contribution in [3.05, 3.63) is 76.2 Å². The van der Waals surface area contributed by atoms with E-state index in [2.05, 4.69) is 39.0 Å². The molecule has 3 aromatic rings. The Bertz CT molecular complexity index is 982. The van der Waals surface area contributed by atoms with Crippen molar-refractivity contribution >= 4 is 0 Å². The van der Waals surface area contributed by atoms with Crippen LogP contribution in [0, 0.1) is 0 Å². The molecule has 3 heterocycles. The lowest BCUT2D eigenvalue weighted by Crippen LogP contribution is -2.19. The van der Waals surface area contributed by atoms with E-state index in [1.807, 2.05) is 12.1 Å². The van der Waals surface area contributed by atoms with Crippen LogP contribution in [0.2, 0.25) is 0 Å². The number of hydrogen-bond donors (Lipinski definition) is 1. The first-order valence-electron chi connectivity index (χ1n) is 9.89. The summed E-state index contributed by atoms with van der Waals surface area (Å²) in [5.74, 6) is 0.914. The number of benzene rings is 1. The fourth-order valence-electron chi connectivity index (χ4n) is 3.64. The molecule has 1 N–H and O–H groups in total. The normalized spacial score (nSPS) is 15.0. The van der Waals surface area contributed by atoms with Gasteiger partial charge in [0.05, 0.1) is 11.4 Å². The van der Waals surface area contributed by atoms with Crippen LogP contribution in [0.3, 0.4) is 0 Å². The van der Waals surface area contributed by atoms with Crippen LogP contribution in [0.4, 0.5) is 0 Å². The molecule has 0 amide bonds. The van der Waals surface area contributed by atoms with Crippen LogP contribution in [0.1, 0.15) is 35.7 Å². The van der Waals surface area contributed by atoms with Gasteiger partial charge in [0.15, 0.2) is 0 Å². The Balaban J connectivity index is 1.46. The van der Waals surface area contributed by atoms with E-state index in [9.17, 15) is 4.79 Å². The largest absolute Gasteiger partial charge is 0.381 e. The molecule has 0 spiro atoms. The SMILES string of the molecule is CN(Cc1ccc(-c2nc(C3CCOCC3)cc(=O)[nH]2)cc1)Cc1cnccn1. The average Bonchev–Trinajstić information content (AvgIpc) is 2.75. The van der Waals surface area contributed by atoms with Gasteiger partial charge < -0.3 is 9.72 Å². The van der Waals surface area contributed by atoms with E-state index in [1.165, 1.54) is 5.56 Å². The van der Waals surface area contributed by atoms with Crippen molar-refractivity contribution in [3.63, 3.8) is 0 Å². The van der Waals surface area contributed by atoms with Crippen molar-refractivity contribution in [3.8, 4) is 11.4 Å². The van der Waals surface area contributed by atoms with Crippen LogP contribution in [0.25, 0.3) is 11.4 Å². The summed E-state index contributed by atoms with van der Waals surface area (Å²) in [6.07, 6.45) is 6.99. The Labute approximate surface area is 169 Å². The molecule has 0 atom stereocenters. The van der Waals surface area contributed by atoms with Gasteiger partial charge in [-0.05, 0) is 25.5 Å². The monoisotopic (exact) mass is 391 g/mol. The Morgan fingerprint density at radius 2 is 1.93 bits per heavy atom. The van der Waals surface area contributed by atoms with Crippen LogP contribution in [0.5, 0.6) is 0 Å². The van der Waals surface area contributed by atoms with Crippen molar-refractivity contribution in [2.24, 2.45) is 0 Å². The Morgan fingerprint density at radius 1 is 1.14 bits per heavy atom. The van der Waals surface area contributed by atoms with Crippen LogP contribution in [-0.2, 0) is 17.8 Å². The van der Waals surface area contributed by atoms with Gasteiger partial charge in [0, 0.05) is 62.4 Å². The second-order valence-corrected chi connectivity index (χ2v) is 7.47. The zero-order chi connectivity index (χ0) is 20.1. The van der Waals surface area contributed by atoms with Crippen LogP contribution >= 0.6 is 0 Å². The lowest BCUT2D eigenvalue weighted by molar-refractivity contribution is 0.0845. The molecule has 4 rings (SSSR count). The van der Waals surface area contributed by atoms with Gasteiger partial charge in [0.1, 0.15) is 5.82 Å². The van der Waals surface area contributed by atoms with Crippen molar-refractivity contribution in [2.45, 2.75) is 31.8 Å². The summed E-state index contributed by atoms with van der Waals surface area (Å²) in [4.78, 5) is 30.4. The van der Waals surface area contributed by atoms with Crippen molar-refractivity contribution in [2.75, 3.05) is 20.3 Å². The topological polar surface area (TPSA) is 84.0 Å². The minimum absolute atomic E-state index is 0.107. The van der Waals surface area contributed by atoms with E-state index >= 15 is 0 Å². The predicted molar refractivity (Wildman–Crippen MR) is 110 cm³/mol. The van der Waals surface area contributed by atoms with Gasteiger partial charge in [0.2, 0.25) is 0 Å². The molecule has 7 heteroatoms. The first-order chi connectivity index (χ1) is 14.2. The minimum atomic E-state index is -0.107. The third-order valence-electron chi connectivity index (χ3n) is 5.13. The number of aromatic nitrogens is 4. The molecule has 1 aliphatic heterocycles. The zero-order valence-electron chi connectivity index (χ0n) is 16.5. The molecular weight excluding hydrogens is 366 g/mol. The number of hydrogen-bond acceptors (Lipinski definition) is 6. The summed E-state index contributed by atoms with van der Waals surface area (Å²) < 4.78 is 5.42. The molecule has 1 aromatic carbocycles. The molecule has 0 bridgehead atoms. The standard InChI is InChI=1S/C22H25N5O2/c1-27(15-19-13-23-8-9-24-19)14-16-2-4-18(5-3-16)22-25-20(12-21(28)26-22)17-6-10-29-11-7-17/h2-5,8-9,12-13,17H,6-7,10-11,14-15H2,1H3,(H,25,26,28). The Morgan fingerprint density at radius 3 is 2.66 bits per heavy atom. The van der Waals surface area contributed by atoms with Crippen LogP contribution < -0.4 is 5.56 Å². The molecule has 0 unspecified atom stereocenters. The van der Waals surface area contributed by atoms with Gasteiger partial charge in [0.25, 0.3) is 5.56 Å². The molecule has 29 heavy (non-hydrogen) atoms. The molecule has 2 aromatic heterocycles. The predicted octanol–water partition coefficient (Wildman–Crippen LogP) is 2.75. The number of ether oxygens (including phenoxy) is 1. The van der Waals surface area contributed by atoms with Gasteiger partial charge in [-0.1, -0.05) is 24.3 Å². The number of rotatable bonds is 6. The summed E-state index contributed by atoms with van der Waals surface area (Å²) in [6.45, 7) is 2.98. The summed E-state index contributed by atoms with van der Waals surface area (Å²) in [6, 6.07) is 9.79. The van der Waals surface area contributed by atoms with Crippen molar-refractivity contribution < 1.29 is 4.74 Å². The first-order valence-corrected chi connectivity index (χ1v) is 9.89. The van der Waals surface area contributed by atoms with Crippen LogP contribution in [-0.4, -0.2) is 45.1 Å².